The lowest BCUT2D eigenvalue weighted by Crippen LogP contribution is -2.56. The molecule has 0 radical (unpaired) electrons. The van der Waals surface area contributed by atoms with Gasteiger partial charge in [0.05, 0.1) is 18.8 Å². The lowest BCUT2D eigenvalue weighted by atomic mass is 10.1. The molecule has 2 unspecified atom stereocenters. The molecule has 0 aliphatic carbocycles. The number of likely N-dealkylation sites (N-methyl/N-ethyl adjacent to an activating group) is 2. The normalized spacial score (nSPS) is 27.9. The highest BCUT2D eigenvalue weighted by Crippen LogP contribution is 2.10. The van der Waals surface area contributed by atoms with Crippen LogP contribution in [0.1, 0.15) is 6.92 Å². The third-order valence-electron chi connectivity index (χ3n) is 2.84. The van der Waals surface area contributed by atoms with E-state index in [9.17, 15) is 5.11 Å². The van der Waals surface area contributed by atoms with E-state index < -0.39 is 0 Å². The molecule has 0 bridgehead atoms. The Morgan fingerprint density at radius 1 is 1.43 bits per heavy atom. The average Bonchev–Trinajstić information content (AvgIpc) is 2.18. The van der Waals surface area contributed by atoms with Crippen LogP contribution in [0.25, 0.3) is 0 Å². The van der Waals surface area contributed by atoms with E-state index >= 15 is 0 Å². The Balaban J connectivity index is 2.38. The van der Waals surface area contributed by atoms with Crippen LogP contribution in [-0.4, -0.2) is 74.0 Å². The number of aliphatic hydroxyl groups is 1. The zero-order chi connectivity index (χ0) is 10.6. The molecule has 1 aliphatic heterocycles. The van der Waals surface area contributed by atoms with Crippen molar-refractivity contribution >= 4 is 0 Å². The quantitative estimate of drug-likeness (QED) is 0.675. The molecule has 0 aromatic heterocycles. The maximum Gasteiger partial charge on any atom is 0.0940 e. The predicted molar refractivity (Wildman–Crippen MR) is 56.4 cm³/mol. The number of piperazine rings is 1. The Labute approximate surface area is 86.4 Å². The van der Waals surface area contributed by atoms with Gasteiger partial charge in [0.25, 0.3) is 0 Å². The molecule has 0 saturated carbocycles. The second-order valence-electron chi connectivity index (χ2n) is 4.04. The van der Waals surface area contributed by atoms with Gasteiger partial charge in [-0.05, 0) is 21.0 Å². The number of ether oxygens (including phenoxy) is 1. The molecule has 4 nitrogen and oxygen atoms in total. The van der Waals surface area contributed by atoms with Gasteiger partial charge in [-0.2, -0.15) is 0 Å². The van der Waals surface area contributed by atoms with E-state index in [2.05, 4.69) is 23.9 Å². The van der Waals surface area contributed by atoms with Crippen molar-refractivity contribution in [3.05, 3.63) is 0 Å². The zero-order valence-corrected chi connectivity index (χ0v) is 9.44. The van der Waals surface area contributed by atoms with Crippen molar-refractivity contribution in [3.63, 3.8) is 0 Å². The van der Waals surface area contributed by atoms with Crippen molar-refractivity contribution in [2.45, 2.75) is 19.1 Å². The first-order valence-electron chi connectivity index (χ1n) is 5.29. The first-order chi connectivity index (χ1) is 6.65. The second kappa shape index (κ2) is 5.66. The molecule has 1 heterocycles. The summed E-state index contributed by atoms with van der Waals surface area (Å²) in [5, 5.41) is 9.90. The molecule has 4 heteroatoms. The van der Waals surface area contributed by atoms with Crippen molar-refractivity contribution < 1.29 is 9.84 Å². The third-order valence-corrected chi connectivity index (χ3v) is 2.84. The summed E-state index contributed by atoms with van der Waals surface area (Å²) in [4.78, 5) is 4.46. The highest BCUT2D eigenvalue weighted by molar-refractivity contribution is 4.84. The van der Waals surface area contributed by atoms with Gasteiger partial charge < -0.3 is 14.7 Å². The van der Waals surface area contributed by atoms with Crippen LogP contribution in [0.2, 0.25) is 0 Å². The number of rotatable bonds is 4. The van der Waals surface area contributed by atoms with Gasteiger partial charge in [0.15, 0.2) is 0 Å². The number of hydrogen-bond acceptors (Lipinski definition) is 4. The fourth-order valence-electron chi connectivity index (χ4n) is 1.81. The maximum atomic E-state index is 9.90. The van der Waals surface area contributed by atoms with Crippen molar-refractivity contribution in [2.75, 3.05) is 46.9 Å². The second-order valence-corrected chi connectivity index (χ2v) is 4.04. The standard InChI is InChI=1S/C10H22N2O2/c1-4-14-8-10(13)9-7-11(2)5-6-12(9)3/h9-10,13H,4-8H2,1-3H3. The molecule has 1 fully saturated rings. The van der Waals surface area contributed by atoms with Crippen LogP contribution in [0.5, 0.6) is 0 Å². The highest BCUT2D eigenvalue weighted by atomic mass is 16.5. The van der Waals surface area contributed by atoms with E-state index in [0.717, 1.165) is 19.6 Å². The summed E-state index contributed by atoms with van der Waals surface area (Å²) in [6.45, 7) is 6.08. The Morgan fingerprint density at radius 2 is 2.14 bits per heavy atom. The maximum absolute atomic E-state index is 9.90. The molecule has 0 aromatic rings. The smallest absolute Gasteiger partial charge is 0.0940 e. The largest absolute Gasteiger partial charge is 0.389 e. The Kier molecular flexibility index (Phi) is 4.81. The number of nitrogens with zero attached hydrogens (tertiary/aromatic N) is 2. The molecule has 1 saturated heterocycles. The fourth-order valence-corrected chi connectivity index (χ4v) is 1.81. The third kappa shape index (κ3) is 3.20. The Bertz CT molecular complexity index is 166. The number of hydrogen-bond donors (Lipinski definition) is 1. The summed E-state index contributed by atoms with van der Waals surface area (Å²) in [6, 6.07) is 0.209. The van der Waals surface area contributed by atoms with Crippen molar-refractivity contribution in [1.29, 1.82) is 0 Å². The highest BCUT2D eigenvalue weighted by Gasteiger charge is 2.28. The first kappa shape index (κ1) is 11.9. The van der Waals surface area contributed by atoms with Crippen molar-refractivity contribution in [3.8, 4) is 0 Å². The van der Waals surface area contributed by atoms with Gasteiger partial charge in [0.1, 0.15) is 0 Å². The van der Waals surface area contributed by atoms with Crippen LogP contribution in [0.3, 0.4) is 0 Å². The summed E-state index contributed by atoms with van der Waals surface area (Å²) in [6.07, 6.45) is -0.373. The Morgan fingerprint density at radius 3 is 2.79 bits per heavy atom. The van der Waals surface area contributed by atoms with E-state index in [4.69, 9.17) is 4.74 Å². The summed E-state index contributed by atoms with van der Waals surface area (Å²) in [5.74, 6) is 0. The van der Waals surface area contributed by atoms with E-state index in [1.807, 2.05) is 6.92 Å². The van der Waals surface area contributed by atoms with E-state index in [1.165, 1.54) is 0 Å². The van der Waals surface area contributed by atoms with Gasteiger partial charge in [-0.15, -0.1) is 0 Å². The zero-order valence-electron chi connectivity index (χ0n) is 9.44. The molecular weight excluding hydrogens is 180 g/mol. The molecule has 0 aromatic carbocycles. The summed E-state index contributed by atoms with van der Waals surface area (Å²) in [7, 11) is 4.15. The van der Waals surface area contributed by atoms with Crippen LogP contribution in [0, 0.1) is 0 Å². The minimum Gasteiger partial charge on any atom is -0.389 e. The topological polar surface area (TPSA) is 35.9 Å². The summed E-state index contributed by atoms with van der Waals surface area (Å²) < 4.78 is 5.24. The van der Waals surface area contributed by atoms with Crippen molar-refractivity contribution in [1.82, 2.24) is 9.80 Å². The summed E-state index contributed by atoms with van der Waals surface area (Å²) >= 11 is 0. The monoisotopic (exact) mass is 202 g/mol. The lowest BCUT2D eigenvalue weighted by Gasteiger charge is -2.39. The fraction of sp³-hybridized carbons (Fsp3) is 1.00. The lowest BCUT2D eigenvalue weighted by molar-refractivity contribution is -0.0323. The predicted octanol–water partition coefficient (Wildman–Crippen LogP) is -0.370. The van der Waals surface area contributed by atoms with Gasteiger partial charge >= 0.3 is 0 Å². The first-order valence-corrected chi connectivity index (χ1v) is 5.29. The van der Waals surface area contributed by atoms with Crippen LogP contribution < -0.4 is 0 Å². The molecule has 84 valence electrons. The number of aliphatic hydroxyl groups excluding tert-OH is 1. The van der Waals surface area contributed by atoms with Gasteiger partial charge in [-0.25, -0.2) is 0 Å². The SMILES string of the molecule is CCOCC(O)C1CN(C)CCN1C. The van der Waals surface area contributed by atoms with Gasteiger partial charge in [-0.1, -0.05) is 0 Å². The van der Waals surface area contributed by atoms with Crippen LogP contribution in [0.4, 0.5) is 0 Å². The average molecular weight is 202 g/mol. The molecule has 1 aliphatic rings. The van der Waals surface area contributed by atoms with Gasteiger partial charge in [0, 0.05) is 26.2 Å². The molecule has 0 amide bonds. The van der Waals surface area contributed by atoms with Crippen LogP contribution >= 0.6 is 0 Å². The van der Waals surface area contributed by atoms with Gasteiger partial charge in [-0.3, -0.25) is 4.90 Å². The molecule has 14 heavy (non-hydrogen) atoms. The summed E-state index contributed by atoms with van der Waals surface area (Å²) in [5.41, 5.74) is 0. The molecule has 1 N–H and O–H groups in total. The Hall–Kier alpha value is -0.160. The van der Waals surface area contributed by atoms with Crippen molar-refractivity contribution in [2.24, 2.45) is 0 Å². The minimum atomic E-state index is -0.373. The van der Waals surface area contributed by atoms with Crippen LogP contribution in [0.15, 0.2) is 0 Å². The molecule has 0 spiro atoms. The molecule has 2 atom stereocenters. The van der Waals surface area contributed by atoms with E-state index in [1.54, 1.807) is 0 Å². The van der Waals surface area contributed by atoms with E-state index in [0.29, 0.717) is 13.2 Å². The van der Waals surface area contributed by atoms with E-state index in [-0.39, 0.29) is 12.1 Å². The molecular formula is C10H22N2O2. The molecule has 1 rings (SSSR count). The minimum absolute atomic E-state index is 0.209. The van der Waals surface area contributed by atoms with Crippen LogP contribution in [-0.2, 0) is 4.74 Å². The van der Waals surface area contributed by atoms with Gasteiger partial charge in [0.2, 0.25) is 0 Å².